The average Bonchev–Trinajstić information content (AvgIpc) is 1.61. The van der Waals surface area contributed by atoms with Crippen LogP contribution in [0.1, 0.15) is 167 Å². The Morgan fingerprint density at radius 1 is 0.507 bits per heavy atom. The number of thiazole rings is 3. The Balaban J connectivity index is 0.000000353. The van der Waals surface area contributed by atoms with Gasteiger partial charge >= 0.3 is 55.0 Å². The van der Waals surface area contributed by atoms with Crippen molar-refractivity contribution in [3.8, 4) is 22.8 Å². The smallest absolute Gasteiger partial charge is 0.870 e. The number of rotatable bonds is 17. The quantitative estimate of drug-likeness (QED) is 0.00770. The van der Waals surface area contributed by atoms with Crippen LogP contribution in [0.2, 0.25) is 0 Å². The van der Waals surface area contributed by atoms with E-state index < -0.39 is 57.0 Å². The van der Waals surface area contributed by atoms with Crippen LogP contribution >= 0.6 is 78.3 Å². The molecule has 10 aromatic carbocycles. The number of carbonyl (C=O) groups excluding carboxylic acids is 8. The number of carboxylic acids is 2. The number of benzene rings is 10. The first-order valence-corrected chi connectivity index (χ1v) is 48.2. The minimum absolute atomic E-state index is 0. The number of aromatic carboxylic acids is 2. The molecular weight excluding hydrogens is 2160 g/mol. The maximum atomic E-state index is 14.5. The summed E-state index contributed by atoms with van der Waals surface area (Å²) in [5, 5.41) is 38.8. The number of amides is 5. The molecule has 1 aliphatic heterocycles. The van der Waals surface area contributed by atoms with Gasteiger partial charge in [-0.15, -0.1) is 33.9 Å². The van der Waals surface area contributed by atoms with E-state index in [1.54, 1.807) is 115 Å². The number of ether oxygens (including phenoxy) is 2. The molecule has 0 unspecified atom stereocenters. The van der Waals surface area contributed by atoms with Crippen LogP contribution < -0.4 is 67.4 Å². The van der Waals surface area contributed by atoms with Crippen LogP contribution in [0.4, 0.5) is 31.5 Å². The van der Waals surface area contributed by atoms with Crippen LogP contribution in [-0.2, 0) is 28.9 Å². The molecule has 0 bridgehead atoms. The molecule has 0 saturated carbocycles. The molecule has 778 valence electrons. The third-order valence-corrected chi connectivity index (χ3v) is 25.9. The first-order chi connectivity index (χ1) is 68.5. The number of hydrogen-bond donors (Lipinski definition) is 10. The normalized spacial score (nSPS) is 11.4. The minimum Gasteiger partial charge on any atom is -0.870 e. The number of esters is 2. The molecule has 14 N–H and O–H groups in total. The summed E-state index contributed by atoms with van der Waals surface area (Å²) in [6, 6.07) is 42.5. The molecule has 1 fully saturated rings. The summed E-state index contributed by atoms with van der Waals surface area (Å²) in [7, 11) is 4.33. The van der Waals surface area contributed by atoms with Crippen molar-refractivity contribution in [2.24, 2.45) is 5.73 Å². The Labute approximate surface area is 892 Å². The molecule has 5 amide bonds. The Bertz CT molecular complexity index is 7430. The average molecular weight is 2260 g/mol. The summed E-state index contributed by atoms with van der Waals surface area (Å²) < 4.78 is 142. The van der Waals surface area contributed by atoms with Crippen molar-refractivity contribution in [2.75, 3.05) is 67.1 Å². The first kappa shape index (κ1) is 126. The van der Waals surface area contributed by atoms with Gasteiger partial charge in [-0.3, -0.25) is 40.3 Å². The molecule has 6 heterocycles. The number of aryl methyl sites for hydroxylation is 3. The van der Waals surface area contributed by atoms with Gasteiger partial charge < -0.3 is 71.3 Å². The van der Waals surface area contributed by atoms with E-state index in [2.05, 4.69) is 97.5 Å². The minimum atomic E-state index is -4.33. The molecule has 15 aromatic rings. The zero-order chi connectivity index (χ0) is 108. The fraction of sp³-hybridized carbons (Fsp3) is 0.194. The summed E-state index contributed by atoms with van der Waals surface area (Å²) in [5.74, 6) is -0.0526. The van der Waals surface area contributed by atoms with Crippen molar-refractivity contribution >= 4 is 207 Å². The first-order valence-electron chi connectivity index (χ1n) is 42.7. The molecule has 1 saturated heterocycles. The standard InChI is InChI=1S/C19H15FN4O3S.C17H11FN4O3S.C10H10FNO.C10H11N3O2S.C9H8FNO2.C9H12O3S.C8H15BO2.C8H7BrFNO.C7H4BrFO2.CH5N.ClH.Li.H2O/c1-3-27-18(26)11-5-7-14-15(9-11)28-19-22-16(23-24(14)19)12-6-4-10(8-13(12)20)17(25)21-2;1-19-15(23)8-2-4-10(11(18)6-8)14-20-17-22(21-14)12-5-3-9(16(24)25)7-13(12)26-17;1-3-7-4-5-8(6-9(7)11)10(13)12-2;1-2-15-9(14)6-3-4-7-8(5-6)16-10(11)13(7)12;1-11-9(13)6-2-3-7(5-12)8(10)4-6;1-6-4-7(2)9(8(3)5-6)13(10,11)12;1-6-9-10-7(2,3)8(4,5)11-9;1-11-8(12)5-2-3-6(9)7(10)4-5;8-5-2-1-4(7(10)11)3-6(5)9;1-2;;;/h4-9H,3H2,1-2H3,(H,21,25);2-7H,1H3,(H,19,23)(H,24,25);3-6H,1H2,2H3,(H,12,13);3-5,11H,2,12H2,1H3;2-5H,1H3,(H,11,13);4-5H,1-3H3,(H,10,11,12);6H,1H2,2-5H3;2-4H,1H3,(H,11,12);1-3H,(H,10,11);2H2,1H3;1H;;1H2/q;;;;;;;;;;;+1;/p-1. The second-order valence-electron chi connectivity index (χ2n) is 30.8. The molecule has 1 aliphatic rings. The van der Waals surface area contributed by atoms with E-state index in [0.717, 1.165) is 55.0 Å². The fourth-order valence-electron chi connectivity index (χ4n) is 12.7. The van der Waals surface area contributed by atoms with Gasteiger partial charge in [-0.05, 0) is 281 Å². The van der Waals surface area contributed by atoms with Crippen LogP contribution in [0.25, 0.3) is 69.4 Å². The number of hydrogen-bond acceptors (Lipinski definition) is 28. The van der Waals surface area contributed by atoms with E-state index in [9.17, 15) is 87.3 Å². The van der Waals surface area contributed by atoms with Gasteiger partial charge in [0.15, 0.2) is 23.5 Å². The maximum absolute atomic E-state index is 14.5. The second-order valence-corrected chi connectivity index (χ2v) is 36.9. The van der Waals surface area contributed by atoms with E-state index in [0.29, 0.717) is 83.5 Å². The SMILES string of the molecule is C=CB1OC(C)(C)C(C)(C)O1.C=Cc1ccc(C(=O)NC)cc1F.CCOC(=O)c1ccc2c(c1)sc(N)[n+]2N.CCOC(=O)c1ccc2c(c1)sc1nc(-c3ccc(C(=O)NC)cc3F)nn12.CN.CNC(=O)c1ccc(-c2nc3sc4cc(C(=O)O)ccc4n3n2)c(F)c1.CNC(=O)c1ccc(Br)c(F)c1.CNC(=O)c1ccc(C=O)c(F)c1.Cc1cc(C)c(S(=O)(=O)[O-])c(C)c1.Cl.O=C(O)c1ccc(Br)c(F)c1.[Li+].[OH-]. The summed E-state index contributed by atoms with van der Waals surface area (Å²) in [4.78, 5) is 121. The Hall–Kier alpha value is -14.0. The third kappa shape index (κ3) is 33.0. The van der Waals surface area contributed by atoms with Crippen LogP contribution in [-0.4, -0.2) is 191 Å². The summed E-state index contributed by atoms with van der Waals surface area (Å²) in [6.45, 7) is 24.5. The number of nitrogens with one attached hydrogen (secondary N) is 5. The number of aromatic nitrogens is 7. The number of halogens is 9. The monoisotopic (exact) mass is 2260 g/mol. The molecular formula is C98H100BBr2ClF6LiN15O20S4. The molecule has 0 radical (unpaired) electrons. The molecule has 148 heavy (non-hydrogen) atoms. The number of nitrogens with zero attached hydrogens (tertiary/aromatic N) is 7. The van der Waals surface area contributed by atoms with Gasteiger partial charge in [-0.2, -0.15) is 9.97 Å². The topological polar surface area (TPSA) is 538 Å². The molecule has 0 aliphatic carbocycles. The molecule has 16 rings (SSSR count). The van der Waals surface area contributed by atoms with Crippen LogP contribution in [0.3, 0.4) is 0 Å². The number of aldehydes is 1. The van der Waals surface area contributed by atoms with E-state index >= 15 is 0 Å². The van der Waals surface area contributed by atoms with Crippen molar-refractivity contribution < 1.29 is 145 Å². The van der Waals surface area contributed by atoms with Gasteiger partial charge in [-0.25, -0.2) is 63.0 Å². The third-order valence-electron chi connectivity index (χ3n) is 20.5. The van der Waals surface area contributed by atoms with Gasteiger partial charge in [-0.1, -0.05) is 65.1 Å². The Morgan fingerprint density at radius 3 is 1.17 bits per heavy atom. The summed E-state index contributed by atoms with van der Waals surface area (Å²) in [5.41, 5.74) is 17.1. The number of carbonyl (C=O) groups is 10. The zero-order valence-electron chi connectivity index (χ0n) is 82.1. The summed E-state index contributed by atoms with van der Waals surface area (Å²) >= 11 is 9.85. The van der Waals surface area contributed by atoms with Crippen molar-refractivity contribution in [3.05, 3.63) is 317 Å². The number of carboxylic acid groups (broad SMARTS) is 2. The van der Waals surface area contributed by atoms with Crippen LogP contribution in [0, 0.1) is 55.7 Å². The zero-order valence-corrected chi connectivity index (χ0v) is 89.3. The van der Waals surface area contributed by atoms with E-state index in [1.165, 1.54) is 166 Å². The van der Waals surface area contributed by atoms with E-state index in [4.69, 9.17) is 40.6 Å². The Kier molecular flexibility index (Phi) is 49.0. The predicted molar refractivity (Wildman–Crippen MR) is 558 cm³/mol. The van der Waals surface area contributed by atoms with Crippen molar-refractivity contribution in [1.29, 1.82) is 0 Å². The molecule has 0 spiro atoms. The predicted octanol–water partition coefficient (Wildman–Crippen LogP) is 14.0. The molecule has 35 nitrogen and oxygen atoms in total. The van der Waals surface area contributed by atoms with E-state index in [1.807, 2.05) is 34.6 Å². The number of fused-ring (bicyclic) bond motifs is 7. The second kappa shape index (κ2) is 57.4. The molecule has 5 aromatic heterocycles. The van der Waals surface area contributed by atoms with Gasteiger partial charge in [0.1, 0.15) is 45.0 Å². The molecule has 0 atom stereocenters. The fourth-order valence-corrected chi connectivity index (χ4v) is 17.0. The van der Waals surface area contributed by atoms with Crippen LogP contribution in [0.5, 0.6) is 0 Å². The number of nitrogens with two attached hydrogens (primary N) is 3. The number of nitrogen functional groups attached to an aromatic ring is 2. The molecule has 50 heteroatoms. The van der Waals surface area contributed by atoms with Crippen molar-refractivity contribution in [1.82, 2.24) is 55.8 Å². The van der Waals surface area contributed by atoms with Crippen LogP contribution in [0.15, 0.2) is 209 Å². The number of anilines is 1. The van der Waals surface area contributed by atoms with Gasteiger partial charge in [0.05, 0.1) is 102 Å². The van der Waals surface area contributed by atoms with Gasteiger partial charge in [0.25, 0.3) is 29.5 Å². The Morgan fingerprint density at radius 2 is 0.831 bits per heavy atom. The largest absolute Gasteiger partial charge is 1.00 e. The van der Waals surface area contributed by atoms with Crippen molar-refractivity contribution in [2.45, 2.75) is 78.4 Å². The summed E-state index contributed by atoms with van der Waals surface area (Å²) in [6.07, 6.45) is 1.81. The van der Waals surface area contributed by atoms with Gasteiger partial charge in [0.2, 0.25) is 9.92 Å². The van der Waals surface area contributed by atoms with E-state index in [-0.39, 0.29) is 162 Å². The van der Waals surface area contributed by atoms with Gasteiger partial charge in [0, 0.05) is 68.6 Å². The maximum Gasteiger partial charge on any atom is 1.00 e. The van der Waals surface area contributed by atoms with Crippen molar-refractivity contribution in [3.63, 3.8) is 0 Å².